The molecule has 3 aromatic rings. The lowest BCUT2D eigenvalue weighted by Gasteiger charge is -2.32. The molecule has 3 aromatic heterocycles. The average molecular weight is 367 g/mol. The van der Waals surface area contributed by atoms with Crippen LogP contribution >= 0.6 is 11.3 Å². The maximum atomic E-state index is 4.64. The van der Waals surface area contributed by atoms with Gasteiger partial charge >= 0.3 is 0 Å². The van der Waals surface area contributed by atoms with Gasteiger partial charge in [0.2, 0.25) is 0 Å². The van der Waals surface area contributed by atoms with Crippen molar-refractivity contribution in [1.29, 1.82) is 0 Å². The highest BCUT2D eigenvalue weighted by Gasteiger charge is 2.22. The molecule has 0 aliphatic carbocycles. The summed E-state index contributed by atoms with van der Waals surface area (Å²) in [6, 6.07) is 8.58. The van der Waals surface area contributed by atoms with Crippen molar-refractivity contribution in [2.45, 2.75) is 39.8 Å². The Labute approximate surface area is 159 Å². The molecule has 5 heteroatoms. The van der Waals surface area contributed by atoms with Crippen LogP contribution in [0.4, 0.5) is 0 Å². The van der Waals surface area contributed by atoms with Gasteiger partial charge in [-0.2, -0.15) is 0 Å². The van der Waals surface area contributed by atoms with Crippen molar-refractivity contribution in [2.75, 3.05) is 13.1 Å². The lowest BCUT2D eigenvalue weighted by Crippen LogP contribution is -2.34. The second-order valence-corrected chi connectivity index (χ2v) is 8.68. The van der Waals surface area contributed by atoms with Gasteiger partial charge in [-0.15, -0.1) is 11.3 Å². The van der Waals surface area contributed by atoms with Crippen molar-refractivity contribution in [3.63, 3.8) is 0 Å². The Bertz CT molecular complexity index is 844. The molecule has 0 unspecified atom stereocenters. The van der Waals surface area contributed by atoms with E-state index in [2.05, 4.69) is 51.5 Å². The first-order valence-electron chi connectivity index (χ1n) is 9.39. The van der Waals surface area contributed by atoms with E-state index in [1.807, 2.05) is 36.0 Å². The number of aryl methyl sites for hydroxylation is 2. The molecule has 26 heavy (non-hydrogen) atoms. The van der Waals surface area contributed by atoms with Gasteiger partial charge in [-0.05, 0) is 70.0 Å². The molecular weight excluding hydrogens is 340 g/mol. The van der Waals surface area contributed by atoms with Crippen LogP contribution in [-0.2, 0) is 13.1 Å². The van der Waals surface area contributed by atoms with Gasteiger partial charge < -0.3 is 4.57 Å². The van der Waals surface area contributed by atoms with Crippen LogP contribution in [0.15, 0.2) is 42.9 Å². The first-order chi connectivity index (χ1) is 12.7. The van der Waals surface area contributed by atoms with Crippen LogP contribution in [0.5, 0.6) is 0 Å². The summed E-state index contributed by atoms with van der Waals surface area (Å²) in [6.45, 7) is 8.89. The van der Waals surface area contributed by atoms with Crippen LogP contribution in [0.3, 0.4) is 0 Å². The van der Waals surface area contributed by atoms with E-state index in [9.17, 15) is 0 Å². The van der Waals surface area contributed by atoms with E-state index < -0.39 is 0 Å². The summed E-state index contributed by atoms with van der Waals surface area (Å²) in [7, 11) is 0. The highest BCUT2D eigenvalue weighted by Crippen LogP contribution is 2.26. The highest BCUT2D eigenvalue weighted by atomic mass is 32.1. The van der Waals surface area contributed by atoms with Gasteiger partial charge in [0.1, 0.15) is 5.82 Å². The maximum absolute atomic E-state index is 4.64. The molecule has 1 fully saturated rings. The summed E-state index contributed by atoms with van der Waals surface area (Å²) < 4.78 is 2.37. The van der Waals surface area contributed by atoms with E-state index in [1.54, 1.807) is 0 Å². The number of piperidine rings is 1. The van der Waals surface area contributed by atoms with Crippen LogP contribution < -0.4 is 0 Å². The number of likely N-dealkylation sites (tertiary alicyclic amines) is 1. The third kappa shape index (κ3) is 3.89. The predicted octanol–water partition coefficient (Wildman–Crippen LogP) is 4.54. The number of imidazole rings is 1. The van der Waals surface area contributed by atoms with E-state index in [4.69, 9.17) is 0 Å². The van der Waals surface area contributed by atoms with Gasteiger partial charge in [-0.1, -0.05) is 0 Å². The minimum absolute atomic E-state index is 0.722. The molecule has 0 atom stereocenters. The number of rotatable bonds is 5. The van der Waals surface area contributed by atoms with Crippen LogP contribution in [0.25, 0.3) is 11.4 Å². The van der Waals surface area contributed by atoms with Crippen molar-refractivity contribution in [1.82, 2.24) is 19.4 Å². The lowest BCUT2D eigenvalue weighted by molar-refractivity contribution is 0.168. The van der Waals surface area contributed by atoms with E-state index in [-0.39, 0.29) is 0 Å². The van der Waals surface area contributed by atoms with Gasteiger partial charge in [0.05, 0.1) is 0 Å². The topological polar surface area (TPSA) is 34.0 Å². The summed E-state index contributed by atoms with van der Waals surface area (Å²) in [5, 5.41) is 0. The molecule has 1 aliphatic rings. The third-order valence-corrected chi connectivity index (χ3v) is 6.28. The highest BCUT2D eigenvalue weighted by molar-refractivity contribution is 7.11. The van der Waals surface area contributed by atoms with Gasteiger partial charge in [0, 0.05) is 52.7 Å². The van der Waals surface area contributed by atoms with Crippen LogP contribution in [0.2, 0.25) is 0 Å². The standard InChI is InChI=1S/C21H26N4S/c1-16-12-23-21(19-4-3-9-22-13-19)25(16)14-18-7-10-24(11-8-18)15-20-6-5-17(2)26-20/h3-6,9,12-13,18H,7-8,10-11,14-15H2,1-2H3. The Morgan fingerprint density at radius 3 is 2.65 bits per heavy atom. The summed E-state index contributed by atoms with van der Waals surface area (Å²) in [4.78, 5) is 14.4. The van der Waals surface area contributed by atoms with Gasteiger partial charge in [0.25, 0.3) is 0 Å². The van der Waals surface area contributed by atoms with Crippen molar-refractivity contribution < 1.29 is 0 Å². The smallest absolute Gasteiger partial charge is 0.141 e. The Morgan fingerprint density at radius 2 is 1.96 bits per heavy atom. The Morgan fingerprint density at radius 1 is 1.12 bits per heavy atom. The first kappa shape index (κ1) is 17.4. The average Bonchev–Trinajstić information content (AvgIpc) is 3.23. The minimum atomic E-state index is 0.722. The number of aromatic nitrogens is 3. The fourth-order valence-electron chi connectivity index (χ4n) is 3.79. The molecule has 1 saturated heterocycles. The van der Waals surface area contributed by atoms with Crippen molar-refractivity contribution in [3.8, 4) is 11.4 Å². The van der Waals surface area contributed by atoms with E-state index in [1.165, 1.54) is 41.4 Å². The molecule has 4 heterocycles. The zero-order chi connectivity index (χ0) is 17.9. The second-order valence-electron chi connectivity index (χ2n) is 7.31. The summed E-state index contributed by atoms with van der Waals surface area (Å²) in [5.74, 6) is 1.77. The quantitative estimate of drug-likeness (QED) is 0.665. The second kappa shape index (κ2) is 7.72. The van der Waals surface area contributed by atoms with E-state index in [0.29, 0.717) is 0 Å². The molecule has 0 amide bonds. The molecule has 0 radical (unpaired) electrons. The molecule has 1 aliphatic heterocycles. The maximum Gasteiger partial charge on any atom is 0.141 e. The van der Waals surface area contributed by atoms with Crippen LogP contribution in [0, 0.1) is 19.8 Å². The van der Waals surface area contributed by atoms with Crippen molar-refractivity contribution in [3.05, 3.63) is 58.3 Å². The molecule has 4 nitrogen and oxygen atoms in total. The Hall–Kier alpha value is -1.98. The van der Waals surface area contributed by atoms with Crippen molar-refractivity contribution >= 4 is 11.3 Å². The Kier molecular flexibility index (Phi) is 5.18. The van der Waals surface area contributed by atoms with Gasteiger partial charge in [-0.3, -0.25) is 9.88 Å². The Balaban J connectivity index is 1.38. The van der Waals surface area contributed by atoms with Crippen molar-refractivity contribution in [2.24, 2.45) is 5.92 Å². The monoisotopic (exact) mass is 366 g/mol. The SMILES string of the molecule is Cc1ccc(CN2CCC(Cn3c(C)cnc3-c3cccnc3)CC2)s1. The molecule has 0 N–H and O–H groups in total. The van der Waals surface area contributed by atoms with E-state index in [0.717, 1.165) is 30.4 Å². The van der Waals surface area contributed by atoms with E-state index >= 15 is 0 Å². The number of thiophene rings is 1. The normalized spacial score (nSPS) is 16.2. The molecule has 0 aromatic carbocycles. The first-order valence-corrected chi connectivity index (χ1v) is 10.2. The van der Waals surface area contributed by atoms with Gasteiger partial charge in [0.15, 0.2) is 0 Å². The molecule has 0 bridgehead atoms. The zero-order valence-corrected chi connectivity index (χ0v) is 16.4. The molecule has 0 spiro atoms. The van der Waals surface area contributed by atoms with Crippen LogP contribution in [0.1, 0.15) is 28.3 Å². The fourth-order valence-corrected chi connectivity index (χ4v) is 4.73. The van der Waals surface area contributed by atoms with Gasteiger partial charge in [-0.25, -0.2) is 4.98 Å². The van der Waals surface area contributed by atoms with Crippen LogP contribution in [-0.4, -0.2) is 32.5 Å². The molecule has 136 valence electrons. The predicted molar refractivity (Wildman–Crippen MR) is 107 cm³/mol. The number of nitrogens with zero attached hydrogens (tertiary/aromatic N) is 4. The molecule has 4 rings (SSSR count). The molecular formula is C21H26N4S. The lowest BCUT2D eigenvalue weighted by atomic mass is 9.96. The summed E-state index contributed by atoms with van der Waals surface area (Å²) in [5.41, 5.74) is 2.34. The molecule has 0 saturated carbocycles. The summed E-state index contributed by atoms with van der Waals surface area (Å²) >= 11 is 1.93. The largest absolute Gasteiger partial charge is 0.328 e. The third-order valence-electron chi connectivity index (χ3n) is 5.30. The summed E-state index contributed by atoms with van der Waals surface area (Å²) in [6.07, 6.45) is 8.22. The minimum Gasteiger partial charge on any atom is -0.328 e. The number of pyridine rings is 1. The number of hydrogen-bond donors (Lipinski definition) is 0. The number of hydrogen-bond acceptors (Lipinski definition) is 4. The zero-order valence-electron chi connectivity index (χ0n) is 15.6. The fraction of sp³-hybridized carbons (Fsp3) is 0.429.